The summed E-state index contributed by atoms with van der Waals surface area (Å²) in [6.07, 6.45) is 3.57. The molecule has 0 fully saturated rings. The van der Waals surface area contributed by atoms with Gasteiger partial charge in [-0.25, -0.2) is 15.0 Å². The molecule has 7 heteroatoms. The van der Waals surface area contributed by atoms with Crippen molar-refractivity contribution in [2.24, 2.45) is 0 Å². The Labute approximate surface area is 151 Å². The van der Waals surface area contributed by atoms with Crippen molar-refractivity contribution < 1.29 is 4.74 Å². The normalized spacial score (nSPS) is 10.8. The first-order valence-corrected chi connectivity index (χ1v) is 8.57. The third-order valence-corrected chi connectivity index (χ3v) is 4.03. The highest BCUT2D eigenvalue weighted by molar-refractivity contribution is 6.32. The van der Waals surface area contributed by atoms with Crippen LogP contribution in [0, 0.1) is 0 Å². The van der Waals surface area contributed by atoms with Crippen LogP contribution in [0.2, 0.25) is 5.02 Å². The fourth-order valence-electron chi connectivity index (χ4n) is 2.38. The molecular formula is C18H20ClN5O. The van der Waals surface area contributed by atoms with E-state index in [1.165, 1.54) is 6.33 Å². The van der Waals surface area contributed by atoms with Crippen LogP contribution in [0.15, 0.2) is 36.7 Å². The van der Waals surface area contributed by atoms with Gasteiger partial charge in [-0.05, 0) is 36.2 Å². The van der Waals surface area contributed by atoms with Gasteiger partial charge in [-0.2, -0.15) is 0 Å². The van der Waals surface area contributed by atoms with E-state index in [9.17, 15) is 0 Å². The smallest absolute Gasteiger partial charge is 0.166 e. The maximum Gasteiger partial charge on any atom is 0.166 e. The molecular weight excluding hydrogens is 338 g/mol. The van der Waals surface area contributed by atoms with E-state index in [0.717, 1.165) is 23.8 Å². The van der Waals surface area contributed by atoms with Crippen molar-refractivity contribution in [3.05, 3.63) is 47.2 Å². The molecule has 0 saturated heterocycles. The summed E-state index contributed by atoms with van der Waals surface area (Å²) in [5.41, 5.74) is 7.29. The molecule has 0 atom stereocenters. The van der Waals surface area contributed by atoms with Crippen LogP contribution in [-0.2, 0) is 6.54 Å². The van der Waals surface area contributed by atoms with Crippen LogP contribution < -0.4 is 15.8 Å². The number of hydrogen-bond acceptors (Lipinski definition) is 6. The summed E-state index contributed by atoms with van der Waals surface area (Å²) in [4.78, 5) is 12.6. The molecule has 2 heterocycles. The Bertz CT molecular complexity index is 871. The summed E-state index contributed by atoms with van der Waals surface area (Å²) in [5, 5.41) is 4.72. The van der Waals surface area contributed by atoms with Crippen LogP contribution in [-0.4, -0.2) is 21.6 Å². The van der Waals surface area contributed by atoms with Crippen LogP contribution in [0.3, 0.4) is 0 Å². The highest BCUT2D eigenvalue weighted by Gasteiger charge is 2.07. The second kappa shape index (κ2) is 7.98. The molecule has 3 rings (SSSR count). The third-order valence-electron chi connectivity index (χ3n) is 3.73. The minimum absolute atomic E-state index is 0.433. The number of halogens is 1. The lowest BCUT2D eigenvalue weighted by molar-refractivity contribution is 0.309. The molecule has 3 N–H and O–H groups in total. The van der Waals surface area contributed by atoms with Gasteiger partial charge in [-0.3, -0.25) is 0 Å². The van der Waals surface area contributed by atoms with Crippen LogP contribution in [0.25, 0.3) is 11.0 Å². The number of nitrogen functional groups attached to an aromatic ring is 1. The summed E-state index contributed by atoms with van der Waals surface area (Å²) in [6.45, 7) is 3.38. The summed E-state index contributed by atoms with van der Waals surface area (Å²) in [6, 6.07) is 9.37. The lowest BCUT2D eigenvalue weighted by Crippen LogP contribution is -2.04. The fraction of sp³-hybridized carbons (Fsp3) is 0.278. The van der Waals surface area contributed by atoms with E-state index in [-0.39, 0.29) is 0 Å². The SMILES string of the molecule is CCCCOc1ccc(CNc2ncnc3nc(N)ccc23)cc1Cl. The molecule has 0 spiro atoms. The molecule has 0 radical (unpaired) electrons. The molecule has 0 aliphatic carbocycles. The zero-order chi connectivity index (χ0) is 17.6. The van der Waals surface area contributed by atoms with Crippen molar-refractivity contribution >= 4 is 34.3 Å². The Kier molecular flexibility index (Phi) is 5.50. The topological polar surface area (TPSA) is 86.0 Å². The predicted molar refractivity (Wildman–Crippen MR) is 101 cm³/mol. The standard InChI is InChI=1S/C18H20ClN5O/c1-2-3-8-25-15-6-4-12(9-14(15)19)10-21-17-13-5-7-16(20)24-18(13)23-11-22-17/h4-7,9,11H,2-3,8,10H2,1H3,(H3,20,21,22,23,24). The number of fused-ring (bicyclic) bond motifs is 1. The summed E-state index contributed by atoms with van der Waals surface area (Å²) < 4.78 is 5.67. The quantitative estimate of drug-likeness (QED) is 0.620. The fourth-order valence-corrected chi connectivity index (χ4v) is 2.64. The van der Waals surface area contributed by atoms with E-state index < -0.39 is 0 Å². The monoisotopic (exact) mass is 357 g/mol. The molecule has 0 aliphatic heterocycles. The van der Waals surface area contributed by atoms with Crippen LogP contribution in [0.5, 0.6) is 5.75 Å². The van der Waals surface area contributed by atoms with Crippen LogP contribution >= 0.6 is 11.6 Å². The molecule has 130 valence electrons. The van der Waals surface area contributed by atoms with E-state index >= 15 is 0 Å². The van der Waals surface area contributed by atoms with Crippen molar-refractivity contribution in [2.75, 3.05) is 17.7 Å². The number of anilines is 2. The van der Waals surface area contributed by atoms with Gasteiger partial charge in [-0.15, -0.1) is 0 Å². The summed E-state index contributed by atoms with van der Waals surface area (Å²) >= 11 is 6.30. The minimum atomic E-state index is 0.433. The van der Waals surface area contributed by atoms with E-state index in [0.29, 0.717) is 41.2 Å². The summed E-state index contributed by atoms with van der Waals surface area (Å²) in [7, 11) is 0. The van der Waals surface area contributed by atoms with Crippen LogP contribution in [0.4, 0.5) is 11.6 Å². The second-order valence-corrected chi connectivity index (χ2v) is 6.06. The molecule has 0 amide bonds. The van der Waals surface area contributed by atoms with Gasteiger partial charge in [0.25, 0.3) is 0 Å². The van der Waals surface area contributed by atoms with Crippen molar-refractivity contribution in [2.45, 2.75) is 26.3 Å². The molecule has 0 saturated carbocycles. The van der Waals surface area contributed by atoms with Crippen molar-refractivity contribution in [3.63, 3.8) is 0 Å². The van der Waals surface area contributed by atoms with Crippen molar-refractivity contribution in [1.29, 1.82) is 0 Å². The molecule has 2 aromatic heterocycles. The number of unbranched alkanes of at least 4 members (excludes halogenated alkanes) is 1. The molecule has 6 nitrogen and oxygen atoms in total. The third kappa shape index (κ3) is 4.28. The number of nitrogens with one attached hydrogen (secondary N) is 1. The lowest BCUT2D eigenvalue weighted by Gasteiger charge is -2.11. The highest BCUT2D eigenvalue weighted by atomic mass is 35.5. The molecule has 3 aromatic rings. The maximum atomic E-state index is 6.30. The van der Waals surface area contributed by atoms with Gasteiger partial charge in [0.2, 0.25) is 0 Å². The number of nitrogens with zero attached hydrogens (tertiary/aromatic N) is 3. The second-order valence-electron chi connectivity index (χ2n) is 5.65. The molecule has 0 unspecified atom stereocenters. The van der Waals surface area contributed by atoms with Gasteiger partial charge in [0, 0.05) is 6.54 Å². The number of hydrogen-bond donors (Lipinski definition) is 2. The Balaban J connectivity index is 1.70. The average Bonchev–Trinajstić information content (AvgIpc) is 2.61. The Morgan fingerprint density at radius 1 is 1.20 bits per heavy atom. The number of aromatic nitrogens is 3. The highest BCUT2D eigenvalue weighted by Crippen LogP contribution is 2.26. The number of nitrogens with two attached hydrogens (primary N) is 1. The number of ether oxygens (including phenoxy) is 1. The van der Waals surface area contributed by atoms with Gasteiger partial charge in [-0.1, -0.05) is 31.0 Å². The predicted octanol–water partition coefficient (Wildman–Crippen LogP) is 4.05. The number of pyridine rings is 1. The first-order valence-electron chi connectivity index (χ1n) is 8.19. The zero-order valence-electron chi connectivity index (χ0n) is 14.0. The number of benzene rings is 1. The first-order chi connectivity index (χ1) is 12.2. The van der Waals surface area contributed by atoms with E-state index in [4.69, 9.17) is 22.1 Å². The van der Waals surface area contributed by atoms with Crippen molar-refractivity contribution in [3.8, 4) is 5.75 Å². The molecule has 25 heavy (non-hydrogen) atoms. The van der Waals surface area contributed by atoms with E-state index in [1.807, 2.05) is 24.3 Å². The molecule has 0 bridgehead atoms. The lowest BCUT2D eigenvalue weighted by atomic mass is 10.2. The average molecular weight is 358 g/mol. The van der Waals surface area contributed by atoms with Gasteiger partial charge in [0.05, 0.1) is 17.0 Å². The van der Waals surface area contributed by atoms with Gasteiger partial charge in [0.1, 0.15) is 23.7 Å². The van der Waals surface area contributed by atoms with E-state index in [1.54, 1.807) is 6.07 Å². The molecule has 0 aliphatic rings. The molecule has 1 aromatic carbocycles. The zero-order valence-corrected chi connectivity index (χ0v) is 14.8. The maximum absolute atomic E-state index is 6.30. The van der Waals surface area contributed by atoms with Gasteiger partial charge >= 0.3 is 0 Å². The Morgan fingerprint density at radius 2 is 2.08 bits per heavy atom. The largest absolute Gasteiger partial charge is 0.492 e. The Hall–Kier alpha value is -2.60. The van der Waals surface area contributed by atoms with Gasteiger partial charge in [0.15, 0.2) is 5.65 Å². The first kappa shape index (κ1) is 17.2. The minimum Gasteiger partial charge on any atom is -0.492 e. The Morgan fingerprint density at radius 3 is 2.88 bits per heavy atom. The van der Waals surface area contributed by atoms with Crippen molar-refractivity contribution in [1.82, 2.24) is 15.0 Å². The summed E-state index contributed by atoms with van der Waals surface area (Å²) in [5.74, 6) is 1.85. The van der Waals surface area contributed by atoms with Crippen LogP contribution in [0.1, 0.15) is 25.3 Å². The van der Waals surface area contributed by atoms with E-state index in [2.05, 4.69) is 27.2 Å². The number of rotatable bonds is 7. The van der Waals surface area contributed by atoms with Gasteiger partial charge < -0.3 is 15.8 Å².